The summed E-state index contributed by atoms with van der Waals surface area (Å²) in [6, 6.07) is 10.3. The number of carbonyl (C=O) groups excluding carboxylic acids is 2. The van der Waals surface area contributed by atoms with E-state index in [1.165, 1.54) is 5.56 Å². The number of hydrogen-bond acceptors (Lipinski definition) is 3. The maximum atomic E-state index is 13.0. The molecule has 0 aromatic heterocycles. The smallest absolute Gasteiger partial charge is 0.223 e. The van der Waals surface area contributed by atoms with E-state index in [1.807, 2.05) is 23.1 Å². The highest BCUT2D eigenvalue weighted by Gasteiger charge is 2.31. The molecule has 25 heavy (non-hydrogen) atoms. The molecule has 1 unspecified atom stereocenters. The fourth-order valence-corrected chi connectivity index (χ4v) is 3.46. The number of hydrogen-bond donors (Lipinski definition) is 2. The summed E-state index contributed by atoms with van der Waals surface area (Å²) >= 11 is 0. The zero-order chi connectivity index (χ0) is 18.3. The van der Waals surface area contributed by atoms with E-state index in [0.29, 0.717) is 25.9 Å². The van der Waals surface area contributed by atoms with Gasteiger partial charge in [0, 0.05) is 38.5 Å². The van der Waals surface area contributed by atoms with Gasteiger partial charge in [-0.15, -0.1) is 0 Å². The second-order valence-corrected chi connectivity index (χ2v) is 7.51. The number of amides is 2. The molecule has 138 valence electrons. The number of piperidine rings is 1. The van der Waals surface area contributed by atoms with E-state index < -0.39 is 0 Å². The first-order valence-corrected chi connectivity index (χ1v) is 9.26. The van der Waals surface area contributed by atoms with Gasteiger partial charge in [0.15, 0.2) is 0 Å². The number of rotatable bonds is 7. The summed E-state index contributed by atoms with van der Waals surface area (Å²) in [6.07, 6.45) is 3.89. The number of likely N-dealkylation sites (tertiary alicyclic amines) is 1. The highest BCUT2D eigenvalue weighted by Crippen LogP contribution is 2.29. The van der Waals surface area contributed by atoms with E-state index in [4.69, 9.17) is 5.73 Å². The Balaban J connectivity index is 1.98. The Bertz CT molecular complexity index is 572. The van der Waals surface area contributed by atoms with Crippen LogP contribution in [-0.2, 0) is 15.0 Å². The van der Waals surface area contributed by atoms with Crippen LogP contribution < -0.4 is 11.1 Å². The van der Waals surface area contributed by atoms with Crippen LogP contribution in [0.15, 0.2) is 30.3 Å². The van der Waals surface area contributed by atoms with Crippen molar-refractivity contribution in [3.05, 3.63) is 35.9 Å². The number of benzene rings is 1. The predicted octanol–water partition coefficient (Wildman–Crippen LogP) is 2.20. The van der Waals surface area contributed by atoms with Crippen molar-refractivity contribution in [1.29, 1.82) is 0 Å². The van der Waals surface area contributed by atoms with Gasteiger partial charge in [0.2, 0.25) is 11.8 Å². The summed E-state index contributed by atoms with van der Waals surface area (Å²) in [4.78, 5) is 26.6. The molecule has 5 nitrogen and oxygen atoms in total. The van der Waals surface area contributed by atoms with Crippen LogP contribution >= 0.6 is 0 Å². The van der Waals surface area contributed by atoms with Crippen LogP contribution in [0.2, 0.25) is 0 Å². The van der Waals surface area contributed by atoms with Crippen LogP contribution in [0.1, 0.15) is 51.5 Å². The van der Waals surface area contributed by atoms with Crippen molar-refractivity contribution in [2.75, 3.05) is 19.6 Å². The van der Waals surface area contributed by atoms with Gasteiger partial charge in [-0.2, -0.15) is 0 Å². The van der Waals surface area contributed by atoms with Gasteiger partial charge in [0.25, 0.3) is 0 Å². The highest BCUT2D eigenvalue weighted by molar-refractivity contribution is 5.79. The molecule has 0 bridgehead atoms. The summed E-state index contributed by atoms with van der Waals surface area (Å²) in [5, 5.41) is 2.92. The normalized spacial score (nSPS) is 18.0. The molecular formula is C20H31N3O2. The van der Waals surface area contributed by atoms with Gasteiger partial charge in [-0.05, 0) is 30.2 Å². The molecule has 0 saturated carbocycles. The molecule has 1 aromatic carbocycles. The largest absolute Gasteiger partial charge is 0.354 e. The zero-order valence-corrected chi connectivity index (χ0v) is 15.5. The number of nitrogens with one attached hydrogen (secondary N) is 1. The maximum Gasteiger partial charge on any atom is 0.223 e. The predicted molar refractivity (Wildman–Crippen MR) is 100 cm³/mol. The zero-order valence-electron chi connectivity index (χ0n) is 15.5. The van der Waals surface area contributed by atoms with Crippen LogP contribution in [0, 0.1) is 0 Å². The molecule has 2 rings (SSSR count). The summed E-state index contributed by atoms with van der Waals surface area (Å²) in [5.41, 5.74) is 6.38. The van der Waals surface area contributed by atoms with Crippen molar-refractivity contribution in [2.45, 2.75) is 57.4 Å². The van der Waals surface area contributed by atoms with Gasteiger partial charge in [-0.1, -0.05) is 44.2 Å². The lowest BCUT2D eigenvalue weighted by Crippen LogP contribution is -2.50. The van der Waals surface area contributed by atoms with Gasteiger partial charge < -0.3 is 16.0 Å². The summed E-state index contributed by atoms with van der Waals surface area (Å²) < 4.78 is 0. The number of nitrogens with zero attached hydrogens (tertiary/aromatic N) is 1. The van der Waals surface area contributed by atoms with Crippen LogP contribution in [-0.4, -0.2) is 42.4 Å². The van der Waals surface area contributed by atoms with Crippen LogP contribution in [0.4, 0.5) is 0 Å². The van der Waals surface area contributed by atoms with Gasteiger partial charge >= 0.3 is 0 Å². The average molecular weight is 345 g/mol. The Hall–Kier alpha value is -1.88. The lowest BCUT2D eigenvalue weighted by atomic mass is 9.81. The molecule has 1 heterocycles. The topological polar surface area (TPSA) is 75.4 Å². The van der Waals surface area contributed by atoms with Crippen molar-refractivity contribution in [3.63, 3.8) is 0 Å². The maximum absolute atomic E-state index is 13.0. The lowest BCUT2D eigenvalue weighted by molar-refractivity contribution is -0.136. The van der Waals surface area contributed by atoms with Gasteiger partial charge in [-0.25, -0.2) is 0 Å². The van der Waals surface area contributed by atoms with E-state index in [1.54, 1.807) is 0 Å². The fraction of sp³-hybridized carbons (Fsp3) is 0.600. The molecule has 1 aliphatic heterocycles. The minimum absolute atomic E-state index is 0.0370. The second kappa shape index (κ2) is 8.99. The third-order valence-electron chi connectivity index (χ3n) is 5.00. The first-order chi connectivity index (χ1) is 11.9. The average Bonchev–Trinajstić information content (AvgIpc) is 2.61. The molecule has 3 N–H and O–H groups in total. The van der Waals surface area contributed by atoms with E-state index in [2.05, 4.69) is 31.3 Å². The molecule has 1 fully saturated rings. The fourth-order valence-electron chi connectivity index (χ4n) is 3.46. The van der Waals surface area contributed by atoms with Crippen molar-refractivity contribution in [1.82, 2.24) is 10.2 Å². The Kier molecular flexibility index (Phi) is 7.00. The third-order valence-corrected chi connectivity index (χ3v) is 5.00. The summed E-state index contributed by atoms with van der Waals surface area (Å²) in [7, 11) is 0. The molecular weight excluding hydrogens is 314 g/mol. The third kappa shape index (κ3) is 5.56. The monoisotopic (exact) mass is 345 g/mol. The van der Waals surface area contributed by atoms with Crippen molar-refractivity contribution < 1.29 is 9.59 Å². The number of carbonyl (C=O) groups is 2. The molecule has 0 radical (unpaired) electrons. The highest BCUT2D eigenvalue weighted by atomic mass is 16.2. The van der Waals surface area contributed by atoms with Gasteiger partial charge in [-0.3, -0.25) is 9.59 Å². The van der Waals surface area contributed by atoms with E-state index in [9.17, 15) is 9.59 Å². The molecule has 1 saturated heterocycles. The van der Waals surface area contributed by atoms with Crippen LogP contribution in [0.5, 0.6) is 0 Å². The SMILES string of the molecule is CC(C)(CC(=O)N1CCCCC1CNC(=O)CCN)c1ccccc1. The summed E-state index contributed by atoms with van der Waals surface area (Å²) in [5.74, 6) is 0.136. The lowest BCUT2D eigenvalue weighted by Gasteiger charge is -2.38. The Labute approximate surface area is 151 Å². The first-order valence-electron chi connectivity index (χ1n) is 9.26. The van der Waals surface area contributed by atoms with Crippen molar-refractivity contribution in [3.8, 4) is 0 Å². The molecule has 1 atom stereocenters. The molecule has 5 heteroatoms. The second-order valence-electron chi connectivity index (χ2n) is 7.51. The Morgan fingerprint density at radius 1 is 1.24 bits per heavy atom. The minimum atomic E-state index is -0.205. The van der Waals surface area contributed by atoms with E-state index in [0.717, 1.165) is 25.8 Å². The van der Waals surface area contributed by atoms with E-state index in [-0.39, 0.29) is 23.3 Å². The summed E-state index contributed by atoms with van der Waals surface area (Å²) in [6.45, 7) is 5.88. The standard InChI is InChI=1S/C20H31N3O2/c1-20(2,16-8-4-3-5-9-16)14-19(25)23-13-7-6-10-17(23)15-22-18(24)11-12-21/h3-5,8-9,17H,6-7,10-15,21H2,1-2H3,(H,22,24). The molecule has 1 aliphatic rings. The van der Waals surface area contributed by atoms with Crippen LogP contribution in [0.25, 0.3) is 0 Å². The van der Waals surface area contributed by atoms with Crippen molar-refractivity contribution >= 4 is 11.8 Å². The molecule has 0 spiro atoms. The Morgan fingerprint density at radius 3 is 2.64 bits per heavy atom. The minimum Gasteiger partial charge on any atom is -0.354 e. The Morgan fingerprint density at radius 2 is 1.96 bits per heavy atom. The quantitative estimate of drug-likeness (QED) is 0.795. The van der Waals surface area contributed by atoms with Gasteiger partial charge in [0.05, 0.1) is 0 Å². The van der Waals surface area contributed by atoms with E-state index >= 15 is 0 Å². The van der Waals surface area contributed by atoms with Gasteiger partial charge in [0.1, 0.15) is 0 Å². The molecule has 0 aliphatic carbocycles. The number of nitrogens with two attached hydrogens (primary N) is 1. The van der Waals surface area contributed by atoms with Crippen LogP contribution in [0.3, 0.4) is 0 Å². The molecule has 2 amide bonds. The molecule has 1 aromatic rings. The first kappa shape index (κ1) is 19.4. The van der Waals surface area contributed by atoms with Crippen molar-refractivity contribution in [2.24, 2.45) is 5.73 Å².